The van der Waals surface area contributed by atoms with Crippen molar-refractivity contribution >= 4 is 34.9 Å². The highest BCUT2D eigenvalue weighted by Gasteiger charge is 2.70. The van der Waals surface area contributed by atoms with E-state index in [0.717, 1.165) is 60.7 Å². The first-order valence-electron chi connectivity index (χ1n) is 20.3. The summed E-state index contributed by atoms with van der Waals surface area (Å²) in [6.45, 7) is 19.5. The smallest absolute Gasteiger partial charge is 0.200 e. The molecule has 2 bridgehead atoms. The summed E-state index contributed by atoms with van der Waals surface area (Å²) >= 11 is 0. The molecule has 5 atom stereocenters. The topological polar surface area (TPSA) is 0 Å². The average molecular weight is 855 g/mol. The molecule has 1 aliphatic heterocycles. The molecule has 1 heterocycles. The SMILES string of the molecule is CC(C)=C1[C@H]2C=C[C@@H]1C(C)(C)C1=C[C@@H]3[C@H]([C@@H]12)[B-](c1c(F)c(F)c(F)c(F)c1F)(c1c(F)c(F)c(F)c(F)c1F)CC[P+]3(c1c(C)cc(C)cc1C)c1c(C)cc(C)cc1C. The summed E-state index contributed by atoms with van der Waals surface area (Å²) in [4.78, 5) is 0. The van der Waals surface area contributed by atoms with Crippen molar-refractivity contribution < 1.29 is 43.9 Å². The largest absolute Gasteiger partial charge is 0.207 e. The van der Waals surface area contributed by atoms with Crippen molar-refractivity contribution in [3.63, 3.8) is 0 Å². The van der Waals surface area contributed by atoms with Crippen LogP contribution < -0.4 is 21.5 Å². The third kappa shape index (κ3) is 5.35. The second-order valence-electron chi connectivity index (χ2n) is 18.7. The number of rotatable bonds is 4. The summed E-state index contributed by atoms with van der Waals surface area (Å²) in [5.74, 6) is -27.0. The Morgan fingerprint density at radius 3 is 1.35 bits per heavy atom. The van der Waals surface area contributed by atoms with Crippen LogP contribution in [0, 0.1) is 123 Å². The highest BCUT2D eigenvalue weighted by Crippen LogP contribution is 2.78. The predicted molar refractivity (Wildman–Crippen MR) is 222 cm³/mol. The number of fused-ring (bicyclic) bond motifs is 6. The van der Waals surface area contributed by atoms with Crippen LogP contribution >= 0.6 is 7.26 Å². The second-order valence-corrected chi connectivity index (χ2v) is 22.4. The summed E-state index contributed by atoms with van der Waals surface area (Å²) in [7, 11) is -3.15. The van der Waals surface area contributed by atoms with Crippen molar-refractivity contribution in [1.82, 2.24) is 0 Å². The highest BCUT2D eigenvalue weighted by molar-refractivity contribution is 7.91. The van der Waals surface area contributed by atoms with Crippen LogP contribution in [0.5, 0.6) is 0 Å². The molecule has 8 rings (SSSR count). The zero-order valence-electron chi connectivity index (χ0n) is 35.1. The monoisotopic (exact) mass is 854 g/mol. The van der Waals surface area contributed by atoms with Gasteiger partial charge in [0.1, 0.15) is 33.9 Å². The van der Waals surface area contributed by atoms with Gasteiger partial charge in [0.25, 0.3) is 0 Å². The zero-order chi connectivity index (χ0) is 44.0. The molecule has 1 saturated heterocycles. The molecule has 1 saturated carbocycles. The fourth-order valence-corrected chi connectivity index (χ4v) is 20.0. The van der Waals surface area contributed by atoms with Crippen LogP contribution in [0.2, 0.25) is 12.1 Å². The van der Waals surface area contributed by atoms with E-state index in [9.17, 15) is 0 Å². The first-order valence-corrected chi connectivity index (χ1v) is 22.4. The van der Waals surface area contributed by atoms with Gasteiger partial charge in [0.15, 0.2) is 34.9 Å². The number of hydrogen-bond donors (Lipinski definition) is 0. The Kier molecular flexibility index (Phi) is 9.90. The van der Waals surface area contributed by atoms with Gasteiger partial charge < -0.3 is 0 Å². The molecule has 0 spiro atoms. The molecule has 4 aromatic carbocycles. The van der Waals surface area contributed by atoms with E-state index in [-0.39, 0.29) is 12.1 Å². The number of hydrogen-bond acceptors (Lipinski definition) is 0. The molecular formula is C48H46BF10P. The van der Waals surface area contributed by atoms with Crippen LogP contribution in [0.3, 0.4) is 0 Å². The normalized spacial score (nSPS) is 24.4. The first-order chi connectivity index (χ1) is 28.0. The van der Waals surface area contributed by atoms with Crippen molar-refractivity contribution in [3.8, 4) is 0 Å². The first kappa shape index (κ1) is 42.6. The van der Waals surface area contributed by atoms with Gasteiger partial charge in [-0.05, 0) is 95.1 Å². The van der Waals surface area contributed by atoms with Gasteiger partial charge in [-0.1, -0.05) is 78.1 Å². The molecule has 0 radical (unpaired) electrons. The lowest BCUT2D eigenvalue weighted by Crippen LogP contribution is -2.72. The van der Waals surface area contributed by atoms with E-state index < -0.39 is 118 Å². The minimum atomic E-state index is -4.12. The van der Waals surface area contributed by atoms with Gasteiger partial charge in [0, 0.05) is 18.0 Å². The molecule has 2 fully saturated rings. The van der Waals surface area contributed by atoms with Gasteiger partial charge in [0.2, 0.25) is 0 Å². The predicted octanol–water partition coefficient (Wildman–Crippen LogP) is 11.6. The Bertz CT molecular complexity index is 2440. The second kappa shape index (κ2) is 14.0. The van der Waals surface area contributed by atoms with Crippen molar-refractivity contribution in [2.24, 2.45) is 23.2 Å². The van der Waals surface area contributed by atoms with Crippen LogP contribution in [0.15, 0.2) is 59.2 Å². The van der Waals surface area contributed by atoms with E-state index in [1.807, 2.05) is 112 Å². The minimum Gasteiger partial charge on any atom is -0.207 e. The summed E-state index contributed by atoms with van der Waals surface area (Å²) in [6.07, 6.45) is 1.08. The number of halogens is 10. The van der Waals surface area contributed by atoms with Crippen LogP contribution in [-0.2, 0) is 0 Å². The molecule has 4 aliphatic rings. The van der Waals surface area contributed by atoms with Crippen LogP contribution in [0.4, 0.5) is 43.9 Å². The third-order valence-electron chi connectivity index (χ3n) is 14.9. The van der Waals surface area contributed by atoms with Crippen LogP contribution in [0.1, 0.15) is 61.1 Å². The Hall–Kier alpha value is -4.11. The van der Waals surface area contributed by atoms with E-state index in [4.69, 9.17) is 0 Å². The zero-order valence-corrected chi connectivity index (χ0v) is 36.0. The maximum Gasteiger partial charge on any atom is 0.200 e. The molecule has 60 heavy (non-hydrogen) atoms. The Morgan fingerprint density at radius 2 is 0.967 bits per heavy atom. The molecule has 0 aromatic heterocycles. The maximum atomic E-state index is 17.0. The maximum absolute atomic E-state index is 17.0. The van der Waals surface area contributed by atoms with Crippen LogP contribution in [-0.4, -0.2) is 18.0 Å². The van der Waals surface area contributed by atoms with Gasteiger partial charge in [-0.15, -0.1) is 23.1 Å². The van der Waals surface area contributed by atoms with Crippen LogP contribution in [0.25, 0.3) is 0 Å². The van der Waals surface area contributed by atoms with E-state index >= 15 is 43.9 Å². The van der Waals surface area contributed by atoms with E-state index in [1.165, 1.54) is 0 Å². The summed E-state index contributed by atoms with van der Waals surface area (Å²) < 4.78 is 161. The third-order valence-corrected chi connectivity index (χ3v) is 20.4. The fraction of sp³-hybridized carbons (Fsp3) is 0.375. The lowest BCUT2D eigenvalue weighted by atomic mass is 9.10. The Morgan fingerprint density at radius 1 is 0.583 bits per heavy atom. The minimum absolute atomic E-state index is 0.112. The molecule has 0 unspecified atom stereocenters. The number of aryl methyl sites for hydroxylation is 6. The summed E-state index contributed by atoms with van der Waals surface area (Å²) in [5.41, 5.74) is 3.26. The molecule has 3 aliphatic carbocycles. The highest BCUT2D eigenvalue weighted by atomic mass is 31.2. The molecule has 4 aromatic rings. The lowest BCUT2D eigenvalue weighted by molar-refractivity contribution is 0.260. The Labute approximate surface area is 345 Å². The van der Waals surface area contributed by atoms with E-state index in [2.05, 4.69) is 0 Å². The molecule has 0 nitrogen and oxygen atoms in total. The van der Waals surface area contributed by atoms with Crippen molar-refractivity contribution in [3.05, 3.63) is 151 Å². The number of allylic oxidation sites excluding steroid dienone is 6. The van der Waals surface area contributed by atoms with E-state index in [0.29, 0.717) is 0 Å². The standard InChI is InChI=1S/C48H46BF10P/c1-20(2)31-27-11-12-28(31)48(9,10)29-19-30-33(32(27)29)49(34-36(50)40(54)44(58)41(55)37(34)51,35-38(52)42(56)45(59)43(57)39(35)53)13-14-60(30,46-23(5)15-21(3)16-24(46)6)47-25(7)17-22(4)18-26(47)8/h11-12,15-19,27-28,30,32-33H,13-14H2,1-10H3/t27-,28+,30-,32-,33-/m1/s1. The van der Waals surface area contributed by atoms with Gasteiger partial charge in [-0.3, -0.25) is 0 Å². The van der Waals surface area contributed by atoms with Gasteiger partial charge in [-0.25, -0.2) is 43.9 Å². The summed E-state index contributed by atoms with van der Waals surface area (Å²) in [5, 5.41) is 1.85. The Balaban J connectivity index is 1.65. The fourth-order valence-electron chi connectivity index (χ4n) is 13.4. The lowest BCUT2D eigenvalue weighted by Gasteiger charge is -2.60. The number of benzene rings is 4. The van der Waals surface area contributed by atoms with Crippen molar-refractivity contribution in [2.45, 2.75) is 87.0 Å². The molecule has 0 amide bonds. The molecule has 12 heteroatoms. The molecule has 0 N–H and O–H groups in total. The van der Waals surface area contributed by atoms with Gasteiger partial charge >= 0.3 is 0 Å². The van der Waals surface area contributed by atoms with E-state index in [1.54, 1.807) is 0 Å². The average Bonchev–Trinajstić information content (AvgIpc) is 3.78. The van der Waals surface area contributed by atoms with Crippen molar-refractivity contribution in [2.75, 3.05) is 6.16 Å². The molecular weight excluding hydrogens is 808 g/mol. The van der Waals surface area contributed by atoms with Crippen molar-refractivity contribution in [1.29, 1.82) is 0 Å². The quantitative estimate of drug-likeness (QED) is 0.0479. The molecule has 316 valence electrons. The van der Waals surface area contributed by atoms with Gasteiger partial charge in [-0.2, -0.15) is 0 Å². The van der Waals surface area contributed by atoms with Gasteiger partial charge in [0.05, 0.1) is 19.1 Å². The summed E-state index contributed by atoms with van der Waals surface area (Å²) in [6, 6.07) is 8.07.